The Morgan fingerprint density at radius 2 is 1.85 bits per heavy atom. The van der Waals surface area contributed by atoms with E-state index in [4.69, 9.17) is 4.74 Å². The first-order valence-electron chi connectivity index (χ1n) is 12.2. The van der Waals surface area contributed by atoms with Crippen molar-refractivity contribution in [3.05, 3.63) is 58.0 Å². The van der Waals surface area contributed by atoms with E-state index in [0.29, 0.717) is 25.6 Å². The molecule has 176 valence electrons. The average Bonchev–Trinajstić information content (AvgIpc) is 2.80. The van der Waals surface area contributed by atoms with Crippen LogP contribution in [0.2, 0.25) is 0 Å². The van der Waals surface area contributed by atoms with Crippen LogP contribution < -0.4 is 10.9 Å². The van der Waals surface area contributed by atoms with Crippen LogP contribution in [-0.2, 0) is 17.8 Å². The molecule has 0 unspecified atom stereocenters. The third kappa shape index (κ3) is 4.57. The summed E-state index contributed by atoms with van der Waals surface area (Å²) in [4.78, 5) is 30.6. The summed E-state index contributed by atoms with van der Waals surface area (Å²) in [5, 5.41) is 3.01. The Balaban J connectivity index is 1.43. The SMILES string of the molecule is CC(C)NC(=O)N1C[C@H]2C[C@H](C1)c1ccc(-c3ccccc3CN3CCOCC3)c(=O)n1C2. The summed E-state index contributed by atoms with van der Waals surface area (Å²) in [6.45, 7) is 10.2. The van der Waals surface area contributed by atoms with Gasteiger partial charge in [0.05, 0.1) is 13.2 Å². The average molecular weight is 451 g/mol. The zero-order chi connectivity index (χ0) is 22.9. The lowest BCUT2D eigenvalue weighted by atomic mass is 9.83. The van der Waals surface area contributed by atoms with Crippen LogP contribution in [0.15, 0.2) is 41.2 Å². The molecule has 1 N–H and O–H groups in total. The molecule has 7 nitrogen and oxygen atoms in total. The Labute approximate surface area is 195 Å². The maximum Gasteiger partial charge on any atom is 0.317 e. The number of pyridine rings is 1. The zero-order valence-corrected chi connectivity index (χ0v) is 19.6. The number of carbonyl (C=O) groups is 1. The standard InChI is InChI=1S/C26H34N4O3/c1-18(2)27-26(32)29-14-19-13-21(17-29)24-8-7-23(25(31)30(24)15-19)22-6-4-3-5-20(22)16-28-9-11-33-12-10-28/h3-8,18-19,21H,9-17H2,1-2H3,(H,27,32)/t19-,21-/m1/s1. The number of nitrogens with one attached hydrogen (secondary N) is 1. The smallest absolute Gasteiger partial charge is 0.317 e. The van der Waals surface area contributed by atoms with E-state index in [1.165, 1.54) is 5.56 Å². The molecular formula is C26H34N4O3. The Morgan fingerprint density at radius 1 is 1.06 bits per heavy atom. The number of benzene rings is 1. The highest BCUT2D eigenvalue weighted by atomic mass is 16.5. The van der Waals surface area contributed by atoms with Gasteiger partial charge in [-0.2, -0.15) is 0 Å². The normalized spacial score (nSPS) is 22.8. The number of aromatic nitrogens is 1. The van der Waals surface area contributed by atoms with Crippen molar-refractivity contribution in [3.8, 4) is 11.1 Å². The van der Waals surface area contributed by atoms with Crippen LogP contribution in [0.3, 0.4) is 0 Å². The number of carbonyl (C=O) groups excluding carboxylic acids is 1. The molecule has 0 radical (unpaired) electrons. The monoisotopic (exact) mass is 450 g/mol. The lowest BCUT2D eigenvalue weighted by Crippen LogP contribution is -2.53. The lowest BCUT2D eigenvalue weighted by Gasteiger charge is -2.43. The summed E-state index contributed by atoms with van der Waals surface area (Å²) >= 11 is 0. The van der Waals surface area contributed by atoms with Crippen molar-refractivity contribution in [2.24, 2.45) is 5.92 Å². The van der Waals surface area contributed by atoms with Crippen molar-refractivity contribution < 1.29 is 9.53 Å². The van der Waals surface area contributed by atoms with Gasteiger partial charge in [0.1, 0.15) is 0 Å². The third-order valence-corrected chi connectivity index (χ3v) is 7.11. The number of urea groups is 1. The summed E-state index contributed by atoms with van der Waals surface area (Å²) in [5.41, 5.74) is 4.14. The first kappa shape index (κ1) is 22.2. The quantitative estimate of drug-likeness (QED) is 0.778. The van der Waals surface area contributed by atoms with Gasteiger partial charge >= 0.3 is 6.03 Å². The van der Waals surface area contributed by atoms with Gasteiger partial charge in [0, 0.05) is 62.5 Å². The van der Waals surface area contributed by atoms with Crippen LogP contribution in [0.4, 0.5) is 4.79 Å². The van der Waals surface area contributed by atoms with E-state index < -0.39 is 0 Å². The molecule has 0 saturated carbocycles. The molecule has 3 aliphatic heterocycles. The van der Waals surface area contributed by atoms with E-state index in [1.807, 2.05) is 35.4 Å². The van der Waals surface area contributed by atoms with Crippen molar-refractivity contribution in [1.29, 1.82) is 0 Å². The van der Waals surface area contributed by atoms with E-state index in [2.05, 4.69) is 34.5 Å². The highest BCUT2D eigenvalue weighted by Gasteiger charge is 2.37. The van der Waals surface area contributed by atoms with Crippen molar-refractivity contribution in [1.82, 2.24) is 19.7 Å². The number of likely N-dealkylation sites (tertiary alicyclic amines) is 1. The molecular weight excluding hydrogens is 416 g/mol. The predicted molar refractivity (Wildman–Crippen MR) is 128 cm³/mol. The summed E-state index contributed by atoms with van der Waals surface area (Å²) in [7, 11) is 0. The van der Waals surface area contributed by atoms with Crippen molar-refractivity contribution in [3.63, 3.8) is 0 Å². The molecule has 2 amide bonds. The van der Waals surface area contributed by atoms with Crippen LogP contribution in [0.5, 0.6) is 0 Å². The molecule has 7 heteroatoms. The Kier molecular flexibility index (Phi) is 6.25. The number of ether oxygens (including phenoxy) is 1. The fourth-order valence-corrected chi connectivity index (χ4v) is 5.58. The number of piperidine rings is 1. The molecule has 1 aromatic heterocycles. The molecule has 0 aliphatic carbocycles. The number of rotatable bonds is 4. The lowest BCUT2D eigenvalue weighted by molar-refractivity contribution is 0.0342. The van der Waals surface area contributed by atoms with Crippen LogP contribution in [0.25, 0.3) is 11.1 Å². The van der Waals surface area contributed by atoms with Crippen LogP contribution >= 0.6 is 0 Å². The van der Waals surface area contributed by atoms with Gasteiger partial charge in [0.25, 0.3) is 5.56 Å². The van der Waals surface area contributed by atoms with Gasteiger partial charge in [-0.05, 0) is 49.4 Å². The molecule has 5 rings (SSSR count). The third-order valence-electron chi connectivity index (χ3n) is 7.11. The number of hydrogen-bond donors (Lipinski definition) is 1. The molecule has 2 bridgehead atoms. The minimum Gasteiger partial charge on any atom is -0.379 e. The largest absolute Gasteiger partial charge is 0.379 e. The highest BCUT2D eigenvalue weighted by Crippen LogP contribution is 2.36. The van der Waals surface area contributed by atoms with Gasteiger partial charge in [-0.3, -0.25) is 9.69 Å². The molecule has 3 aliphatic rings. The van der Waals surface area contributed by atoms with E-state index in [9.17, 15) is 9.59 Å². The van der Waals surface area contributed by atoms with Crippen molar-refractivity contribution in [2.75, 3.05) is 39.4 Å². The van der Waals surface area contributed by atoms with Gasteiger partial charge in [-0.15, -0.1) is 0 Å². The van der Waals surface area contributed by atoms with E-state index in [-0.39, 0.29) is 23.6 Å². The first-order valence-corrected chi connectivity index (χ1v) is 12.2. The number of morpholine rings is 1. The molecule has 2 saturated heterocycles. The van der Waals surface area contributed by atoms with Crippen LogP contribution in [0.1, 0.15) is 37.4 Å². The second kappa shape index (κ2) is 9.31. The minimum absolute atomic E-state index is 0.00385. The van der Waals surface area contributed by atoms with Gasteiger partial charge in [-0.25, -0.2) is 4.79 Å². The summed E-state index contributed by atoms with van der Waals surface area (Å²) in [5.74, 6) is 0.520. The van der Waals surface area contributed by atoms with E-state index in [1.54, 1.807) is 0 Å². The number of fused-ring (bicyclic) bond motifs is 4. The number of nitrogens with zero attached hydrogens (tertiary/aromatic N) is 3. The van der Waals surface area contributed by atoms with E-state index >= 15 is 0 Å². The number of amides is 2. The van der Waals surface area contributed by atoms with E-state index in [0.717, 1.165) is 56.1 Å². The Morgan fingerprint density at radius 3 is 2.64 bits per heavy atom. The summed E-state index contributed by atoms with van der Waals surface area (Å²) in [6, 6.07) is 12.5. The van der Waals surface area contributed by atoms with Crippen molar-refractivity contribution >= 4 is 6.03 Å². The molecule has 33 heavy (non-hydrogen) atoms. The van der Waals surface area contributed by atoms with Gasteiger partial charge < -0.3 is 19.5 Å². The van der Waals surface area contributed by atoms with Crippen LogP contribution in [0, 0.1) is 5.92 Å². The maximum absolute atomic E-state index is 13.7. The molecule has 2 fully saturated rings. The topological polar surface area (TPSA) is 66.8 Å². The molecule has 0 spiro atoms. The number of hydrogen-bond acceptors (Lipinski definition) is 4. The maximum atomic E-state index is 13.7. The molecule has 2 aromatic rings. The van der Waals surface area contributed by atoms with Gasteiger partial charge in [0.2, 0.25) is 0 Å². The predicted octanol–water partition coefficient (Wildman–Crippen LogP) is 2.88. The van der Waals surface area contributed by atoms with Gasteiger partial charge in [-0.1, -0.05) is 24.3 Å². The van der Waals surface area contributed by atoms with Crippen LogP contribution in [-0.4, -0.2) is 65.8 Å². The fourth-order valence-electron chi connectivity index (χ4n) is 5.58. The fraction of sp³-hybridized carbons (Fsp3) is 0.538. The highest BCUT2D eigenvalue weighted by molar-refractivity contribution is 5.74. The minimum atomic E-state index is 0.00385. The second-order valence-corrected chi connectivity index (χ2v) is 9.94. The molecule has 1 aromatic carbocycles. The first-order chi connectivity index (χ1) is 16.0. The Hall–Kier alpha value is -2.64. The summed E-state index contributed by atoms with van der Waals surface area (Å²) in [6.07, 6.45) is 1.04. The second-order valence-electron chi connectivity index (χ2n) is 9.94. The summed E-state index contributed by atoms with van der Waals surface area (Å²) < 4.78 is 7.47. The Bertz CT molecular complexity index is 1070. The van der Waals surface area contributed by atoms with Crippen molar-refractivity contribution in [2.45, 2.75) is 45.3 Å². The zero-order valence-electron chi connectivity index (χ0n) is 19.6. The van der Waals surface area contributed by atoms with Gasteiger partial charge in [0.15, 0.2) is 0 Å². The molecule has 2 atom stereocenters. The molecule has 4 heterocycles.